The first-order valence-electron chi connectivity index (χ1n) is 7.00. The summed E-state index contributed by atoms with van der Waals surface area (Å²) in [5.41, 5.74) is 2.10. The molecule has 1 fully saturated rings. The predicted molar refractivity (Wildman–Crippen MR) is 85.9 cm³/mol. The van der Waals surface area contributed by atoms with Crippen LogP contribution in [0.15, 0.2) is 36.4 Å². The van der Waals surface area contributed by atoms with E-state index >= 15 is 0 Å². The van der Waals surface area contributed by atoms with Crippen LogP contribution in [0.2, 0.25) is 0 Å². The third kappa shape index (κ3) is 2.72. The Hall–Kier alpha value is -1.38. The van der Waals surface area contributed by atoms with E-state index in [2.05, 4.69) is 36.5 Å². The number of benzene rings is 2. The van der Waals surface area contributed by atoms with E-state index in [0.29, 0.717) is 5.78 Å². The Morgan fingerprint density at radius 1 is 1.10 bits per heavy atom. The van der Waals surface area contributed by atoms with Crippen LogP contribution in [0.25, 0.3) is 10.8 Å². The summed E-state index contributed by atoms with van der Waals surface area (Å²) in [4.78, 5) is 12.7. The van der Waals surface area contributed by atoms with Crippen molar-refractivity contribution in [3.05, 3.63) is 47.5 Å². The number of fused-ring (bicyclic) bond motifs is 1. The maximum absolute atomic E-state index is 12.7. The number of halogens is 1. The van der Waals surface area contributed by atoms with Gasteiger partial charge in [0.2, 0.25) is 0 Å². The molecule has 1 aliphatic rings. The highest BCUT2D eigenvalue weighted by Crippen LogP contribution is 2.27. The lowest BCUT2D eigenvalue weighted by Gasteiger charge is -2.22. The van der Waals surface area contributed by atoms with Crippen LogP contribution in [0.1, 0.15) is 28.8 Å². The lowest BCUT2D eigenvalue weighted by Crippen LogP contribution is -2.32. The Labute approximate surface area is 126 Å². The summed E-state index contributed by atoms with van der Waals surface area (Å²) < 4.78 is 0. The Morgan fingerprint density at radius 3 is 2.45 bits per heavy atom. The van der Waals surface area contributed by atoms with E-state index in [1.165, 1.54) is 10.9 Å². The Morgan fingerprint density at radius 2 is 1.75 bits per heavy atom. The molecule has 106 valence electrons. The van der Waals surface area contributed by atoms with E-state index in [9.17, 15) is 4.79 Å². The Kier molecular flexibility index (Phi) is 4.79. The molecule has 0 amide bonds. The first-order chi connectivity index (χ1) is 9.27. The van der Waals surface area contributed by atoms with Crippen molar-refractivity contribution in [2.45, 2.75) is 19.8 Å². The van der Waals surface area contributed by atoms with Crippen LogP contribution >= 0.6 is 12.4 Å². The highest BCUT2D eigenvalue weighted by Gasteiger charge is 2.23. The predicted octanol–water partition coefficient (Wildman–Crippen LogP) is 3.75. The molecule has 3 heteroatoms. The fourth-order valence-electron chi connectivity index (χ4n) is 3.04. The van der Waals surface area contributed by atoms with Crippen LogP contribution in [-0.2, 0) is 0 Å². The van der Waals surface area contributed by atoms with Gasteiger partial charge in [0.15, 0.2) is 5.78 Å². The molecule has 0 unspecified atom stereocenters. The summed E-state index contributed by atoms with van der Waals surface area (Å²) in [5.74, 6) is 0.507. The van der Waals surface area contributed by atoms with E-state index in [1.54, 1.807) is 0 Å². The highest BCUT2D eigenvalue weighted by molar-refractivity contribution is 6.10. The van der Waals surface area contributed by atoms with Gasteiger partial charge in [0.1, 0.15) is 0 Å². The van der Waals surface area contributed by atoms with Crippen LogP contribution in [0.4, 0.5) is 0 Å². The van der Waals surface area contributed by atoms with Gasteiger partial charge in [-0.05, 0) is 49.2 Å². The molecule has 0 saturated carbocycles. The third-order valence-corrected chi connectivity index (χ3v) is 4.09. The molecule has 2 aromatic carbocycles. The van der Waals surface area contributed by atoms with E-state index in [4.69, 9.17) is 0 Å². The number of ketones is 1. The molecule has 0 spiro atoms. The summed E-state index contributed by atoms with van der Waals surface area (Å²) in [7, 11) is 0. The molecule has 1 heterocycles. The number of aryl methyl sites for hydroxylation is 1. The maximum Gasteiger partial charge on any atom is 0.166 e. The first kappa shape index (κ1) is 15.0. The molecular formula is C17H20ClNO. The SMILES string of the molecule is Cc1cccc2cccc(C(=O)C3CCNCC3)c12.Cl. The van der Waals surface area contributed by atoms with Gasteiger partial charge in [-0.3, -0.25) is 4.79 Å². The topological polar surface area (TPSA) is 29.1 Å². The standard InChI is InChI=1S/C17H19NO.ClH/c1-12-4-2-5-13-6-3-7-15(16(12)13)17(19)14-8-10-18-11-9-14;/h2-7,14,18H,8-11H2,1H3;1H. The summed E-state index contributed by atoms with van der Waals surface area (Å²) in [5, 5.41) is 5.62. The number of carbonyl (C=O) groups is 1. The number of carbonyl (C=O) groups excluding carboxylic acids is 1. The van der Waals surface area contributed by atoms with Crippen molar-refractivity contribution in [2.24, 2.45) is 5.92 Å². The van der Waals surface area contributed by atoms with Gasteiger partial charge >= 0.3 is 0 Å². The van der Waals surface area contributed by atoms with E-state index in [1.807, 2.05) is 12.1 Å². The lowest BCUT2D eigenvalue weighted by molar-refractivity contribution is 0.0897. The fourth-order valence-corrected chi connectivity index (χ4v) is 3.04. The maximum atomic E-state index is 12.7. The van der Waals surface area contributed by atoms with Gasteiger partial charge in [-0.2, -0.15) is 0 Å². The number of piperidine rings is 1. The van der Waals surface area contributed by atoms with Gasteiger partial charge in [0, 0.05) is 11.5 Å². The number of rotatable bonds is 2. The normalized spacial score (nSPS) is 15.8. The second kappa shape index (κ2) is 6.38. The van der Waals surface area contributed by atoms with Crippen LogP contribution in [0, 0.1) is 12.8 Å². The van der Waals surface area contributed by atoms with Crippen molar-refractivity contribution in [3.63, 3.8) is 0 Å². The van der Waals surface area contributed by atoms with Gasteiger partial charge in [-0.1, -0.05) is 36.4 Å². The van der Waals surface area contributed by atoms with Gasteiger partial charge in [-0.15, -0.1) is 12.4 Å². The summed E-state index contributed by atoms with van der Waals surface area (Å²) in [6, 6.07) is 12.3. The number of nitrogens with one attached hydrogen (secondary N) is 1. The molecule has 0 bridgehead atoms. The largest absolute Gasteiger partial charge is 0.317 e. The molecule has 2 nitrogen and oxygen atoms in total. The van der Waals surface area contributed by atoms with Crippen LogP contribution in [-0.4, -0.2) is 18.9 Å². The van der Waals surface area contributed by atoms with E-state index in [-0.39, 0.29) is 18.3 Å². The van der Waals surface area contributed by atoms with Crippen molar-refractivity contribution in [1.29, 1.82) is 0 Å². The summed E-state index contributed by atoms with van der Waals surface area (Å²) in [6.07, 6.45) is 1.92. The molecule has 3 rings (SSSR count). The number of hydrogen-bond donors (Lipinski definition) is 1. The van der Waals surface area contributed by atoms with Gasteiger partial charge < -0.3 is 5.32 Å². The molecule has 1 saturated heterocycles. The van der Waals surface area contributed by atoms with E-state index < -0.39 is 0 Å². The Balaban J connectivity index is 0.00000147. The van der Waals surface area contributed by atoms with Crippen molar-refractivity contribution in [3.8, 4) is 0 Å². The number of Topliss-reactive ketones (excluding diaryl/α,β-unsaturated/α-hetero) is 1. The monoisotopic (exact) mass is 289 g/mol. The fraction of sp³-hybridized carbons (Fsp3) is 0.353. The molecule has 0 aromatic heterocycles. The summed E-state index contributed by atoms with van der Waals surface area (Å²) >= 11 is 0. The van der Waals surface area contributed by atoms with E-state index in [0.717, 1.165) is 36.9 Å². The minimum absolute atomic E-state index is 0. The minimum Gasteiger partial charge on any atom is -0.317 e. The average molecular weight is 290 g/mol. The molecule has 1 N–H and O–H groups in total. The molecule has 0 radical (unpaired) electrons. The summed E-state index contributed by atoms with van der Waals surface area (Å²) in [6.45, 7) is 4.00. The van der Waals surface area contributed by atoms with Crippen molar-refractivity contribution < 1.29 is 4.79 Å². The van der Waals surface area contributed by atoms with Crippen LogP contribution in [0.5, 0.6) is 0 Å². The zero-order valence-corrected chi connectivity index (χ0v) is 12.5. The van der Waals surface area contributed by atoms with Crippen molar-refractivity contribution >= 4 is 29.0 Å². The van der Waals surface area contributed by atoms with Crippen molar-refractivity contribution in [2.75, 3.05) is 13.1 Å². The molecule has 2 aromatic rings. The zero-order chi connectivity index (χ0) is 13.2. The quantitative estimate of drug-likeness (QED) is 0.853. The molecular weight excluding hydrogens is 270 g/mol. The molecule has 20 heavy (non-hydrogen) atoms. The second-order valence-corrected chi connectivity index (χ2v) is 5.37. The molecule has 1 aliphatic heterocycles. The lowest BCUT2D eigenvalue weighted by atomic mass is 9.86. The number of hydrogen-bond acceptors (Lipinski definition) is 2. The first-order valence-corrected chi connectivity index (χ1v) is 7.00. The van der Waals surface area contributed by atoms with Crippen LogP contribution in [0.3, 0.4) is 0 Å². The van der Waals surface area contributed by atoms with Gasteiger partial charge in [0.25, 0.3) is 0 Å². The van der Waals surface area contributed by atoms with Gasteiger partial charge in [0.05, 0.1) is 0 Å². The van der Waals surface area contributed by atoms with Crippen LogP contribution < -0.4 is 5.32 Å². The average Bonchev–Trinajstić information content (AvgIpc) is 2.47. The molecule has 0 aliphatic carbocycles. The van der Waals surface area contributed by atoms with Crippen molar-refractivity contribution in [1.82, 2.24) is 5.32 Å². The second-order valence-electron chi connectivity index (χ2n) is 5.37. The minimum atomic E-state index is 0. The third-order valence-electron chi connectivity index (χ3n) is 4.09. The highest BCUT2D eigenvalue weighted by atomic mass is 35.5. The zero-order valence-electron chi connectivity index (χ0n) is 11.7. The van der Waals surface area contributed by atoms with Gasteiger partial charge in [-0.25, -0.2) is 0 Å². The Bertz CT molecular complexity index is 612. The molecule has 0 atom stereocenters. The smallest absolute Gasteiger partial charge is 0.166 e.